The van der Waals surface area contributed by atoms with Crippen molar-refractivity contribution in [1.29, 1.82) is 0 Å². The lowest BCUT2D eigenvalue weighted by molar-refractivity contribution is -0.136. The number of fused-ring (bicyclic) bond motifs is 1. The van der Waals surface area contributed by atoms with Gasteiger partial charge in [0.1, 0.15) is 5.50 Å². The molecule has 0 spiro atoms. The highest BCUT2D eigenvalue weighted by Gasteiger charge is 2.32. The Morgan fingerprint density at radius 2 is 1.87 bits per heavy atom. The van der Waals surface area contributed by atoms with Crippen molar-refractivity contribution in [2.45, 2.75) is 5.50 Å². The Bertz CT molecular complexity index is 803. The fourth-order valence-electron chi connectivity index (χ4n) is 2.62. The van der Waals surface area contributed by atoms with Crippen LogP contribution in [0.15, 0.2) is 48.0 Å². The number of carbonyl (C=O) groups excluding carboxylic acids is 1. The normalized spacial score (nSPS) is 16.6. The molecule has 23 heavy (non-hydrogen) atoms. The van der Waals surface area contributed by atoms with E-state index < -0.39 is 11.5 Å². The molecule has 3 rings (SSSR count). The predicted molar refractivity (Wildman–Crippen MR) is 94.2 cm³/mol. The van der Waals surface area contributed by atoms with Gasteiger partial charge in [-0.15, -0.1) is 0 Å². The highest BCUT2D eigenvalue weighted by molar-refractivity contribution is 6.38. The zero-order valence-electron chi connectivity index (χ0n) is 12.1. The maximum absolute atomic E-state index is 12.3. The van der Waals surface area contributed by atoms with Gasteiger partial charge < -0.3 is 10.1 Å². The van der Waals surface area contributed by atoms with Crippen molar-refractivity contribution in [2.24, 2.45) is 0 Å². The van der Waals surface area contributed by atoms with E-state index in [4.69, 9.17) is 39.5 Å². The Hall–Kier alpha value is -1.68. The summed E-state index contributed by atoms with van der Waals surface area (Å²) in [5.74, 6) is -0.502. The van der Waals surface area contributed by atoms with Crippen molar-refractivity contribution in [1.82, 2.24) is 0 Å². The molecule has 1 atom stereocenters. The van der Waals surface area contributed by atoms with Gasteiger partial charge in [-0.05, 0) is 17.7 Å². The molecule has 118 valence electrons. The highest BCUT2D eigenvalue weighted by Crippen LogP contribution is 2.44. The van der Waals surface area contributed by atoms with E-state index in [1.54, 1.807) is 12.1 Å². The largest absolute Gasteiger partial charge is 0.466 e. The van der Waals surface area contributed by atoms with Gasteiger partial charge in [-0.3, -0.25) is 0 Å². The molecule has 2 aromatic rings. The lowest BCUT2D eigenvalue weighted by atomic mass is 9.89. The zero-order chi connectivity index (χ0) is 16.6. The van der Waals surface area contributed by atoms with E-state index in [1.807, 2.05) is 30.3 Å². The van der Waals surface area contributed by atoms with Crippen LogP contribution in [0.1, 0.15) is 11.1 Å². The molecular weight excluding hydrogens is 357 g/mol. The van der Waals surface area contributed by atoms with E-state index in [9.17, 15) is 4.79 Å². The standard InChI is InChI=1S/C17H12Cl3NO2/c1-23-17(22)14-13(9-5-3-2-4-6-9)11-7-10(18)8-12(19)15(11)21-16(14)20/h2-8,16,21H,1H3. The molecule has 0 fully saturated rings. The minimum Gasteiger partial charge on any atom is -0.466 e. The third-order valence-corrected chi connectivity index (χ3v) is 4.43. The van der Waals surface area contributed by atoms with Crippen molar-refractivity contribution >= 4 is 52.0 Å². The fraction of sp³-hybridized carbons (Fsp3) is 0.118. The summed E-state index contributed by atoms with van der Waals surface area (Å²) >= 11 is 18.8. The molecule has 0 saturated carbocycles. The second kappa shape index (κ2) is 6.44. The van der Waals surface area contributed by atoms with Gasteiger partial charge >= 0.3 is 5.97 Å². The third-order valence-electron chi connectivity index (χ3n) is 3.59. The molecule has 1 N–H and O–H groups in total. The topological polar surface area (TPSA) is 38.3 Å². The van der Waals surface area contributed by atoms with Gasteiger partial charge in [0.05, 0.1) is 23.4 Å². The predicted octanol–water partition coefficient (Wildman–Crippen LogP) is 4.96. The average Bonchev–Trinajstić information content (AvgIpc) is 2.54. The third kappa shape index (κ3) is 2.92. The van der Waals surface area contributed by atoms with Crippen LogP contribution >= 0.6 is 34.8 Å². The molecule has 1 aliphatic rings. The van der Waals surface area contributed by atoms with E-state index >= 15 is 0 Å². The second-order valence-corrected chi connectivity index (χ2v) is 6.24. The molecule has 1 unspecified atom stereocenters. The molecule has 1 heterocycles. The number of nitrogens with one attached hydrogen (secondary N) is 1. The number of hydrogen-bond acceptors (Lipinski definition) is 3. The molecule has 6 heteroatoms. The van der Waals surface area contributed by atoms with Gasteiger partial charge in [0.15, 0.2) is 0 Å². The van der Waals surface area contributed by atoms with Crippen molar-refractivity contribution in [3.63, 3.8) is 0 Å². The second-order valence-electron chi connectivity index (χ2n) is 4.96. The van der Waals surface area contributed by atoms with Gasteiger partial charge in [0.25, 0.3) is 0 Å². The number of halogens is 3. The Balaban J connectivity index is 2.36. The molecule has 0 radical (unpaired) electrons. The molecule has 0 aliphatic carbocycles. The number of benzene rings is 2. The summed E-state index contributed by atoms with van der Waals surface area (Å²) in [6, 6.07) is 12.8. The first kappa shape index (κ1) is 16.2. The highest BCUT2D eigenvalue weighted by atomic mass is 35.5. The summed E-state index contributed by atoms with van der Waals surface area (Å²) in [5, 5.41) is 3.95. The number of carbonyl (C=O) groups is 1. The summed E-state index contributed by atoms with van der Waals surface area (Å²) in [5.41, 5.74) is 2.42. The first-order valence-electron chi connectivity index (χ1n) is 6.81. The Morgan fingerprint density at radius 1 is 1.17 bits per heavy atom. The molecule has 2 aromatic carbocycles. The molecular formula is C17H12Cl3NO2. The lowest BCUT2D eigenvalue weighted by Crippen LogP contribution is -2.28. The average molecular weight is 369 g/mol. The lowest BCUT2D eigenvalue weighted by Gasteiger charge is -2.28. The van der Waals surface area contributed by atoms with Crippen molar-refractivity contribution in [3.8, 4) is 0 Å². The molecule has 3 nitrogen and oxygen atoms in total. The molecule has 1 aliphatic heterocycles. The van der Waals surface area contributed by atoms with Crippen LogP contribution in [0.4, 0.5) is 5.69 Å². The molecule has 0 aromatic heterocycles. The van der Waals surface area contributed by atoms with Gasteiger partial charge in [-0.2, -0.15) is 0 Å². The summed E-state index contributed by atoms with van der Waals surface area (Å²) in [7, 11) is 1.32. The minimum atomic E-state index is -0.760. The monoisotopic (exact) mass is 367 g/mol. The van der Waals surface area contributed by atoms with Gasteiger partial charge in [-0.1, -0.05) is 65.1 Å². The number of anilines is 1. The maximum atomic E-state index is 12.3. The van der Waals surface area contributed by atoms with E-state index in [2.05, 4.69) is 5.32 Å². The summed E-state index contributed by atoms with van der Waals surface area (Å²) in [6.45, 7) is 0. The van der Waals surface area contributed by atoms with Gasteiger partial charge in [-0.25, -0.2) is 4.79 Å². The molecule has 0 bridgehead atoms. The van der Waals surface area contributed by atoms with Crippen LogP contribution in [0.3, 0.4) is 0 Å². The summed E-state index contributed by atoms with van der Waals surface area (Å²) < 4.78 is 4.90. The van der Waals surface area contributed by atoms with Crippen LogP contribution in [0.25, 0.3) is 5.57 Å². The van der Waals surface area contributed by atoms with Crippen molar-refractivity contribution in [3.05, 3.63) is 69.2 Å². The zero-order valence-corrected chi connectivity index (χ0v) is 14.3. The SMILES string of the molecule is COC(=O)C1=C(c2ccccc2)c2cc(Cl)cc(Cl)c2NC1Cl. The van der Waals surface area contributed by atoms with Gasteiger partial charge in [0.2, 0.25) is 0 Å². The van der Waals surface area contributed by atoms with Gasteiger partial charge in [0, 0.05) is 16.2 Å². The Kier molecular flexibility index (Phi) is 4.53. The number of ether oxygens (including phenoxy) is 1. The number of esters is 1. The fourth-order valence-corrected chi connectivity index (χ4v) is 3.47. The van der Waals surface area contributed by atoms with E-state index in [1.165, 1.54) is 7.11 Å². The number of alkyl halides is 1. The first-order chi connectivity index (χ1) is 11.0. The van der Waals surface area contributed by atoms with Crippen LogP contribution in [-0.2, 0) is 9.53 Å². The van der Waals surface area contributed by atoms with Crippen LogP contribution < -0.4 is 5.32 Å². The van der Waals surface area contributed by atoms with E-state index in [0.717, 1.165) is 5.56 Å². The molecule has 0 saturated heterocycles. The van der Waals surface area contributed by atoms with Crippen LogP contribution in [0, 0.1) is 0 Å². The summed E-state index contributed by atoms with van der Waals surface area (Å²) in [4.78, 5) is 12.3. The smallest absolute Gasteiger partial charge is 0.337 e. The van der Waals surface area contributed by atoms with E-state index in [0.29, 0.717) is 32.4 Å². The van der Waals surface area contributed by atoms with E-state index in [-0.39, 0.29) is 0 Å². The van der Waals surface area contributed by atoms with Crippen molar-refractivity contribution in [2.75, 3.05) is 12.4 Å². The van der Waals surface area contributed by atoms with Crippen LogP contribution in [0.5, 0.6) is 0 Å². The van der Waals surface area contributed by atoms with Crippen molar-refractivity contribution < 1.29 is 9.53 Å². The number of methoxy groups -OCH3 is 1. The quantitative estimate of drug-likeness (QED) is 0.462. The summed E-state index contributed by atoms with van der Waals surface area (Å²) in [6.07, 6.45) is 0. The van der Waals surface area contributed by atoms with Crippen LogP contribution in [0.2, 0.25) is 10.0 Å². The maximum Gasteiger partial charge on any atom is 0.337 e. The number of hydrogen-bond donors (Lipinski definition) is 1. The Morgan fingerprint density at radius 3 is 2.52 bits per heavy atom. The Labute approximate surface area is 148 Å². The minimum absolute atomic E-state index is 0.325. The van der Waals surface area contributed by atoms with Crippen LogP contribution in [-0.4, -0.2) is 18.6 Å². The molecule has 0 amide bonds. The first-order valence-corrected chi connectivity index (χ1v) is 8.00. The number of rotatable bonds is 2.